The second-order valence-corrected chi connectivity index (χ2v) is 6.78. The number of fused-ring (bicyclic) bond motifs is 2. The van der Waals surface area contributed by atoms with Gasteiger partial charge in [-0.2, -0.15) is 0 Å². The molecular formula is C19H21NO3. The van der Waals surface area contributed by atoms with E-state index in [1.165, 1.54) is 12.6 Å². The Labute approximate surface area is 136 Å². The van der Waals surface area contributed by atoms with Crippen LogP contribution in [0, 0.1) is 5.41 Å². The quantitative estimate of drug-likeness (QED) is 0.831. The fraction of sp³-hybridized carbons (Fsp3) is 0.316. The van der Waals surface area contributed by atoms with E-state index >= 15 is 0 Å². The summed E-state index contributed by atoms with van der Waals surface area (Å²) in [5, 5.41) is 2.44. The van der Waals surface area contributed by atoms with Gasteiger partial charge in [0.05, 0.1) is 0 Å². The van der Waals surface area contributed by atoms with Crippen molar-refractivity contribution in [3.8, 4) is 17.2 Å². The summed E-state index contributed by atoms with van der Waals surface area (Å²) < 4.78 is 11.3. The van der Waals surface area contributed by atoms with Crippen molar-refractivity contribution in [1.82, 2.24) is 5.32 Å². The molecule has 1 N–H and O–H groups in total. The maximum Gasteiger partial charge on any atom is 0.412 e. The molecular weight excluding hydrogens is 290 g/mol. The van der Waals surface area contributed by atoms with Crippen LogP contribution < -0.4 is 14.8 Å². The molecule has 120 valence electrons. The lowest BCUT2D eigenvalue weighted by molar-refractivity contribution is 0.202. The minimum Gasteiger partial charge on any atom is -0.457 e. The normalized spacial score (nSPS) is 15.9. The van der Waals surface area contributed by atoms with E-state index in [1.54, 1.807) is 6.07 Å². The zero-order chi connectivity index (χ0) is 16.6. The molecule has 1 aliphatic heterocycles. The van der Waals surface area contributed by atoms with Gasteiger partial charge in [0, 0.05) is 30.2 Å². The van der Waals surface area contributed by atoms with Crippen LogP contribution in [0.15, 0.2) is 42.5 Å². The van der Waals surface area contributed by atoms with Crippen molar-refractivity contribution in [2.24, 2.45) is 5.41 Å². The van der Waals surface area contributed by atoms with E-state index in [-0.39, 0.29) is 11.3 Å². The van der Waals surface area contributed by atoms with Crippen LogP contribution in [-0.2, 0) is 0 Å². The Kier molecular flexibility index (Phi) is 3.76. The van der Waals surface area contributed by atoms with Crippen LogP contribution in [-0.4, -0.2) is 13.1 Å². The van der Waals surface area contributed by atoms with E-state index in [9.17, 15) is 4.79 Å². The Balaban J connectivity index is 2.07. The van der Waals surface area contributed by atoms with Crippen molar-refractivity contribution in [1.29, 1.82) is 0 Å². The van der Waals surface area contributed by atoms with Crippen LogP contribution in [0.5, 0.6) is 17.2 Å². The fourth-order valence-electron chi connectivity index (χ4n) is 3.09. The smallest absolute Gasteiger partial charge is 0.412 e. The predicted molar refractivity (Wildman–Crippen MR) is 89.3 cm³/mol. The first kappa shape index (κ1) is 15.4. The van der Waals surface area contributed by atoms with Gasteiger partial charge in [-0.1, -0.05) is 45.0 Å². The summed E-state index contributed by atoms with van der Waals surface area (Å²) in [6, 6.07) is 13.7. The van der Waals surface area contributed by atoms with Gasteiger partial charge in [0.15, 0.2) is 0 Å². The number of para-hydroxylation sites is 1. The molecule has 1 unspecified atom stereocenters. The number of hydrogen-bond donors (Lipinski definition) is 1. The molecule has 0 saturated heterocycles. The second kappa shape index (κ2) is 5.61. The van der Waals surface area contributed by atoms with Crippen molar-refractivity contribution >= 4 is 6.09 Å². The topological polar surface area (TPSA) is 47.6 Å². The molecule has 1 heterocycles. The van der Waals surface area contributed by atoms with Gasteiger partial charge in [0.2, 0.25) is 0 Å². The molecule has 2 aromatic carbocycles. The zero-order valence-corrected chi connectivity index (χ0v) is 13.8. The van der Waals surface area contributed by atoms with Gasteiger partial charge in [-0.25, -0.2) is 4.79 Å². The van der Waals surface area contributed by atoms with Crippen molar-refractivity contribution in [2.45, 2.75) is 26.7 Å². The van der Waals surface area contributed by atoms with Crippen molar-refractivity contribution in [3.05, 3.63) is 53.6 Å². The van der Waals surface area contributed by atoms with Gasteiger partial charge in [-0.15, -0.1) is 0 Å². The van der Waals surface area contributed by atoms with Crippen LogP contribution in [0.1, 0.15) is 37.8 Å². The standard InChI is InChI=1S/C19H21NO3/c1-19(2,3)17-13-7-5-6-8-15(13)23-16-11-12(9-10-14(16)17)22-18(21)20-4/h5-11,17H,1-4H3,(H,20,21). The summed E-state index contributed by atoms with van der Waals surface area (Å²) in [5.74, 6) is 2.29. The average Bonchev–Trinajstić information content (AvgIpc) is 2.51. The summed E-state index contributed by atoms with van der Waals surface area (Å²) in [4.78, 5) is 11.4. The van der Waals surface area contributed by atoms with E-state index in [0.717, 1.165) is 17.1 Å². The Hall–Kier alpha value is -2.49. The van der Waals surface area contributed by atoms with Gasteiger partial charge in [0.25, 0.3) is 0 Å². The molecule has 0 fully saturated rings. The lowest BCUT2D eigenvalue weighted by atomic mass is 9.71. The summed E-state index contributed by atoms with van der Waals surface area (Å²) in [7, 11) is 1.53. The summed E-state index contributed by atoms with van der Waals surface area (Å²) >= 11 is 0. The molecule has 4 heteroatoms. The number of ether oxygens (including phenoxy) is 2. The van der Waals surface area contributed by atoms with Gasteiger partial charge in [-0.05, 0) is 17.5 Å². The first-order chi connectivity index (χ1) is 10.9. The fourth-order valence-corrected chi connectivity index (χ4v) is 3.09. The van der Waals surface area contributed by atoms with Gasteiger partial charge in [0.1, 0.15) is 17.2 Å². The number of nitrogens with one attached hydrogen (secondary N) is 1. The molecule has 0 spiro atoms. The lowest BCUT2D eigenvalue weighted by Crippen LogP contribution is -2.24. The van der Waals surface area contributed by atoms with E-state index in [1.807, 2.05) is 30.3 Å². The minimum atomic E-state index is -0.492. The minimum absolute atomic E-state index is 0.0395. The van der Waals surface area contributed by atoms with Crippen LogP contribution in [0.25, 0.3) is 0 Å². The Morgan fingerprint density at radius 1 is 1.09 bits per heavy atom. The number of benzene rings is 2. The Bertz CT molecular complexity index is 747. The van der Waals surface area contributed by atoms with E-state index in [0.29, 0.717) is 5.75 Å². The molecule has 0 bridgehead atoms. The predicted octanol–water partition coefficient (Wildman–Crippen LogP) is 4.69. The van der Waals surface area contributed by atoms with Crippen LogP contribution in [0.4, 0.5) is 4.79 Å². The summed E-state index contributed by atoms with van der Waals surface area (Å²) in [5.41, 5.74) is 2.34. The molecule has 0 saturated carbocycles. The maximum atomic E-state index is 11.4. The molecule has 0 aromatic heterocycles. The molecule has 0 radical (unpaired) electrons. The van der Waals surface area contributed by atoms with Gasteiger partial charge >= 0.3 is 6.09 Å². The summed E-state index contributed by atoms with van der Waals surface area (Å²) in [6.07, 6.45) is -0.492. The summed E-state index contributed by atoms with van der Waals surface area (Å²) in [6.45, 7) is 6.66. The number of carbonyl (C=O) groups excluding carboxylic acids is 1. The third-order valence-electron chi connectivity index (χ3n) is 4.03. The maximum absolute atomic E-state index is 11.4. The number of amides is 1. The number of carbonyl (C=O) groups is 1. The molecule has 1 aliphatic rings. The number of rotatable bonds is 1. The highest BCUT2D eigenvalue weighted by molar-refractivity contribution is 5.70. The lowest BCUT2D eigenvalue weighted by Gasteiger charge is -2.37. The van der Waals surface area contributed by atoms with Gasteiger partial charge in [-0.3, -0.25) is 0 Å². The first-order valence-corrected chi connectivity index (χ1v) is 7.70. The van der Waals surface area contributed by atoms with Crippen LogP contribution in [0.2, 0.25) is 0 Å². The highest BCUT2D eigenvalue weighted by Crippen LogP contribution is 2.52. The molecule has 1 amide bonds. The van der Waals surface area contributed by atoms with E-state index < -0.39 is 6.09 Å². The van der Waals surface area contributed by atoms with Gasteiger partial charge < -0.3 is 14.8 Å². The highest BCUT2D eigenvalue weighted by atomic mass is 16.6. The van der Waals surface area contributed by atoms with Crippen molar-refractivity contribution in [2.75, 3.05) is 7.05 Å². The van der Waals surface area contributed by atoms with Crippen LogP contribution >= 0.6 is 0 Å². The molecule has 4 nitrogen and oxygen atoms in total. The molecule has 1 atom stereocenters. The van der Waals surface area contributed by atoms with Crippen LogP contribution in [0.3, 0.4) is 0 Å². The monoisotopic (exact) mass is 311 g/mol. The van der Waals surface area contributed by atoms with Crippen molar-refractivity contribution in [3.63, 3.8) is 0 Å². The van der Waals surface area contributed by atoms with Crippen molar-refractivity contribution < 1.29 is 14.3 Å². The molecule has 3 rings (SSSR count). The molecule has 23 heavy (non-hydrogen) atoms. The van der Waals surface area contributed by atoms with E-state index in [2.05, 4.69) is 32.2 Å². The third kappa shape index (κ3) is 2.89. The molecule has 0 aliphatic carbocycles. The zero-order valence-electron chi connectivity index (χ0n) is 13.8. The SMILES string of the molecule is CNC(=O)Oc1ccc2c(c1)Oc1ccccc1C2C(C)(C)C. The molecule has 2 aromatic rings. The van der Waals surface area contributed by atoms with E-state index in [4.69, 9.17) is 9.47 Å². The Morgan fingerprint density at radius 2 is 1.78 bits per heavy atom. The average molecular weight is 311 g/mol. The number of hydrogen-bond acceptors (Lipinski definition) is 3. The third-order valence-corrected chi connectivity index (χ3v) is 4.03. The Morgan fingerprint density at radius 3 is 2.48 bits per heavy atom. The second-order valence-electron chi connectivity index (χ2n) is 6.78. The first-order valence-electron chi connectivity index (χ1n) is 7.70. The highest BCUT2D eigenvalue weighted by Gasteiger charge is 2.35. The largest absolute Gasteiger partial charge is 0.457 e.